The molecule has 0 radical (unpaired) electrons. The minimum absolute atomic E-state index is 0.239. The second kappa shape index (κ2) is 7.31. The Balaban J connectivity index is 1.82. The number of thiophene rings is 1. The number of benzene rings is 1. The third-order valence-electron chi connectivity index (χ3n) is 4.60. The van der Waals surface area contributed by atoms with Gasteiger partial charge in [0, 0.05) is 4.88 Å². The Labute approximate surface area is 170 Å². The number of carbonyl (C=O) groups excluding carboxylic acids is 1. The predicted octanol–water partition coefficient (Wildman–Crippen LogP) is 5.09. The van der Waals surface area contributed by atoms with E-state index in [1.807, 2.05) is 0 Å². The summed E-state index contributed by atoms with van der Waals surface area (Å²) >= 11 is 13.6. The van der Waals surface area contributed by atoms with Gasteiger partial charge in [0.25, 0.3) is 0 Å². The number of rotatable bonds is 3. The van der Waals surface area contributed by atoms with E-state index in [0.717, 1.165) is 41.2 Å². The number of esters is 1. The third kappa shape index (κ3) is 3.18. The SMILES string of the molecule is CCOC(=O)c1c(C2=NNc3cc(Cl)c(Cl)cc3N2O)sc2c1CCCC2. The van der Waals surface area contributed by atoms with Gasteiger partial charge >= 0.3 is 5.97 Å². The van der Waals surface area contributed by atoms with Crippen LogP contribution in [0.15, 0.2) is 17.2 Å². The standard InChI is InChI=1S/C18H17Cl2N3O3S/c1-2-26-18(24)15-9-5-3-4-6-14(9)27-16(15)17-22-21-12-7-10(19)11(20)8-13(12)23(17)25/h7-8,21,25H,2-6H2,1H3. The maximum Gasteiger partial charge on any atom is 0.340 e. The van der Waals surface area contributed by atoms with Gasteiger partial charge < -0.3 is 4.74 Å². The average Bonchev–Trinajstić information content (AvgIpc) is 3.03. The summed E-state index contributed by atoms with van der Waals surface area (Å²) in [6.07, 6.45) is 3.85. The maximum absolute atomic E-state index is 12.7. The summed E-state index contributed by atoms with van der Waals surface area (Å²) in [5.41, 5.74) is 5.33. The number of hydroxylamine groups is 1. The quantitative estimate of drug-likeness (QED) is 0.669. The highest BCUT2D eigenvalue weighted by Gasteiger charge is 2.33. The number of hydrazone groups is 1. The monoisotopic (exact) mass is 425 g/mol. The van der Waals surface area contributed by atoms with Gasteiger partial charge in [-0.1, -0.05) is 23.2 Å². The van der Waals surface area contributed by atoms with Crippen molar-refractivity contribution in [1.82, 2.24) is 0 Å². The van der Waals surface area contributed by atoms with Crippen LogP contribution in [-0.2, 0) is 17.6 Å². The molecule has 6 nitrogen and oxygen atoms in total. The molecule has 4 rings (SSSR count). The number of anilines is 2. The molecule has 0 atom stereocenters. The minimum Gasteiger partial charge on any atom is -0.462 e. The molecule has 0 saturated carbocycles. The molecule has 9 heteroatoms. The Hall–Kier alpha value is -1.80. The molecule has 1 aliphatic heterocycles. The van der Waals surface area contributed by atoms with E-state index in [1.54, 1.807) is 19.1 Å². The zero-order valence-electron chi connectivity index (χ0n) is 14.5. The van der Waals surface area contributed by atoms with Crippen molar-refractivity contribution in [2.75, 3.05) is 17.1 Å². The van der Waals surface area contributed by atoms with Gasteiger partial charge in [-0.2, -0.15) is 5.10 Å². The molecule has 27 heavy (non-hydrogen) atoms. The van der Waals surface area contributed by atoms with Crippen molar-refractivity contribution >= 4 is 57.7 Å². The lowest BCUT2D eigenvalue weighted by molar-refractivity contribution is 0.0525. The van der Waals surface area contributed by atoms with Gasteiger partial charge in [-0.15, -0.1) is 11.3 Å². The smallest absolute Gasteiger partial charge is 0.340 e. The molecule has 2 aromatic rings. The van der Waals surface area contributed by atoms with Gasteiger partial charge in [-0.05, 0) is 50.3 Å². The topological polar surface area (TPSA) is 74.2 Å². The number of amidine groups is 1. The first kappa shape index (κ1) is 18.6. The first-order valence-corrected chi connectivity index (χ1v) is 10.2. The van der Waals surface area contributed by atoms with E-state index in [0.29, 0.717) is 31.9 Å². The van der Waals surface area contributed by atoms with Crippen LogP contribution in [0.5, 0.6) is 0 Å². The number of nitrogens with one attached hydrogen (secondary N) is 1. The van der Waals surface area contributed by atoms with E-state index >= 15 is 0 Å². The van der Waals surface area contributed by atoms with Crippen LogP contribution in [0.4, 0.5) is 11.4 Å². The van der Waals surface area contributed by atoms with E-state index in [4.69, 9.17) is 27.9 Å². The molecule has 2 aliphatic rings. The predicted molar refractivity (Wildman–Crippen MR) is 108 cm³/mol. The number of hydrogen-bond donors (Lipinski definition) is 2. The fourth-order valence-corrected chi connectivity index (χ4v) is 5.04. The van der Waals surface area contributed by atoms with Crippen molar-refractivity contribution in [3.8, 4) is 0 Å². The van der Waals surface area contributed by atoms with Gasteiger partial charge in [-0.3, -0.25) is 10.6 Å². The van der Waals surface area contributed by atoms with Crippen molar-refractivity contribution in [2.45, 2.75) is 32.6 Å². The molecule has 1 aliphatic carbocycles. The molecule has 0 fully saturated rings. The van der Waals surface area contributed by atoms with Crippen LogP contribution in [0.3, 0.4) is 0 Å². The number of aryl methyl sites for hydroxylation is 1. The average molecular weight is 426 g/mol. The molecule has 142 valence electrons. The van der Waals surface area contributed by atoms with Crippen LogP contribution in [0.1, 0.15) is 45.4 Å². The molecule has 0 unspecified atom stereocenters. The maximum atomic E-state index is 12.7. The van der Waals surface area contributed by atoms with Crippen molar-refractivity contribution in [3.63, 3.8) is 0 Å². The van der Waals surface area contributed by atoms with Crippen LogP contribution in [0.2, 0.25) is 10.0 Å². The Morgan fingerprint density at radius 1 is 1.33 bits per heavy atom. The molecule has 1 aromatic carbocycles. The first-order valence-electron chi connectivity index (χ1n) is 8.65. The number of ether oxygens (including phenoxy) is 1. The summed E-state index contributed by atoms with van der Waals surface area (Å²) in [6, 6.07) is 3.15. The molecule has 2 heterocycles. The van der Waals surface area contributed by atoms with Crippen LogP contribution >= 0.6 is 34.5 Å². The summed E-state index contributed by atoms with van der Waals surface area (Å²) in [5.74, 6) is -0.147. The van der Waals surface area contributed by atoms with E-state index < -0.39 is 0 Å². The lowest BCUT2D eigenvalue weighted by atomic mass is 9.94. The van der Waals surface area contributed by atoms with Gasteiger partial charge in [0.05, 0.1) is 38.5 Å². The van der Waals surface area contributed by atoms with Gasteiger partial charge in [-0.25, -0.2) is 9.86 Å². The highest BCUT2D eigenvalue weighted by Crippen LogP contribution is 2.40. The molecule has 1 aromatic heterocycles. The summed E-state index contributed by atoms with van der Waals surface area (Å²) in [4.78, 5) is 14.4. The first-order chi connectivity index (χ1) is 13.0. The Morgan fingerprint density at radius 2 is 2.07 bits per heavy atom. The minimum atomic E-state index is -0.386. The van der Waals surface area contributed by atoms with Crippen molar-refractivity contribution < 1.29 is 14.7 Å². The lowest BCUT2D eigenvalue weighted by Gasteiger charge is -2.26. The number of fused-ring (bicyclic) bond motifs is 2. The van der Waals surface area contributed by atoms with E-state index in [9.17, 15) is 10.0 Å². The van der Waals surface area contributed by atoms with E-state index in [-0.39, 0.29) is 18.4 Å². The van der Waals surface area contributed by atoms with Crippen molar-refractivity contribution in [2.24, 2.45) is 5.10 Å². The van der Waals surface area contributed by atoms with Gasteiger partial charge in [0.1, 0.15) is 0 Å². The van der Waals surface area contributed by atoms with Crippen LogP contribution in [0, 0.1) is 0 Å². The molecular weight excluding hydrogens is 409 g/mol. The zero-order valence-corrected chi connectivity index (χ0v) is 16.8. The lowest BCUT2D eigenvalue weighted by Crippen LogP contribution is -2.33. The summed E-state index contributed by atoms with van der Waals surface area (Å²) in [5, 5.41) is 16.7. The largest absolute Gasteiger partial charge is 0.462 e. The number of carbonyl (C=O) groups is 1. The molecule has 0 bridgehead atoms. The summed E-state index contributed by atoms with van der Waals surface area (Å²) < 4.78 is 5.28. The number of halogens is 2. The van der Waals surface area contributed by atoms with Crippen molar-refractivity contribution in [1.29, 1.82) is 0 Å². The highest BCUT2D eigenvalue weighted by molar-refractivity contribution is 7.14. The van der Waals surface area contributed by atoms with Gasteiger partial charge in [0.2, 0.25) is 0 Å². The second-order valence-corrected chi connectivity index (χ2v) is 8.20. The molecule has 0 spiro atoms. The molecule has 0 amide bonds. The molecule has 0 saturated heterocycles. The van der Waals surface area contributed by atoms with E-state index in [1.165, 1.54) is 11.3 Å². The van der Waals surface area contributed by atoms with Gasteiger partial charge in [0.15, 0.2) is 5.84 Å². The summed E-state index contributed by atoms with van der Waals surface area (Å²) in [7, 11) is 0. The summed E-state index contributed by atoms with van der Waals surface area (Å²) in [6.45, 7) is 2.06. The fraction of sp³-hybridized carbons (Fsp3) is 0.333. The van der Waals surface area contributed by atoms with Crippen LogP contribution in [0.25, 0.3) is 0 Å². The highest BCUT2D eigenvalue weighted by atomic mass is 35.5. The second-order valence-electron chi connectivity index (χ2n) is 6.28. The fourth-order valence-electron chi connectivity index (χ4n) is 3.37. The van der Waals surface area contributed by atoms with Crippen LogP contribution in [-0.4, -0.2) is 23.6 Å². The van der Waals surface area contributed by atoms with E-state index in [2.05, 4.69) is 10.5 Å². The zero-order chi connectivity index (χ0) is 19.1. The Morgan fingerprint density at radius 3 is 2.85 bits per heavy atom. The normalized spacial score (nSPS) is 15.6. The number of hydrogen-bond acceptors (Lipinski definition) is 7. The molecular formula is C18H17Cl2N3O3S. The van der Waals surface area contributed by atoms with Crippen molar-refractivity contribution in [3.05, 3.63) is 43.1 Å². The van der Waals surface area contributed by atoms with Crippen LogP contribution < -0.4 is 10.5 Å². The number of nitrogens with zero attached hydrogens (tertiary/aromatic N) is 2. The molecule has 2 N–H and O–H groups in total. The third-order valence-corrected chi connectivity index (χ3v) is 6.61. The Kier molecular flexibility index (Phi) is 5.03. The Bertz CT molecular complexity index is 958.